The molecule has 3 rings (SSSR count). The molecule has 6 heteroatoms. The van der Waals surface area contributed by atoms with Crippen LogP contribution in [0.2, 0.25) is 0 Å². The van der Waals surface area contributed by atoms with Crippen molar-refractivity contribution < 1.29 is 19.1 Å². The van der Waals surface area contributed by atoms with Gasteiger partial charge in [0.25, 0.3) is 0 Å². The van der Waals surface area contributed by atoms with E-state index in [4.69, 9.17) is 9.47 Å². The van der Waals surface area contributed by atoms with E-state index in [0.717, 1.165) is 30.6 Å². The monoisotopic (exact) mass is 374 g/mol. The van der Waals surface area contributed by atoms with Gasteiger partial charge in [0.05, 0.1) is 25.7 Å². The van der Waals surface area contributed by atoms with E-state index in [1.807, 2.05) is 43.0 Å². The zero-order valence-corrected chi connectivity index (χ0v) is 16.4. The fourth-order valence-electron chi connectivity index (χ4n) is 3.76. The highest BCUT2D eigenvalue weighted by molar-refractivity contribution is 5.89. The zero-order valence-electron chi connectivity index (χ0n) is 16.4. The Morgan fingerprint density at radius 2 is 1.89 bits per heavy atom. The predicted octanol–water partition coefficient (Wildman–Crippen LogP) is 2.26. The second-order valence-electron chi connectivity index (χ2n) is 7.49. The summed E-state index contributed by atoms with van der Waals surface area (Å²) in [4.78, 5) is 29.7. The number of nitrogens with zero attached hydrogens (tertiary/aromatic N) is 2. The number of para-hydroxylation sites is 1. The minimum absolute atomic E-state index is 0.00103. The molecule has 27 heavy (non-hydrogen) atoms. The summed E-state index contributed by atoms with van der Waals surface area (Å²) in [7, 11) is 0. The maximum atomic E-state index is 13.1. The molecule has 0 spiro atoms. The van der Waals surface area contributed by atoms with Crippen molar-refractivity contribution in [3.63, 3.8) is 0 Å². The fourth-order valence-corrected chi connectivity index (χ4v) is 3.76. The average Bonchev–Trinajstić information content (AvgIpc) is 2.69. The molecule has 0 aromatic heterocycles. The molecule has 0 aliphatic carbocycles. The molecule has 2 aliphatic heterocycles. The van der Waals surface area contributed by atoms with E-state index in [0.29, 0.717) is 32.8 Å². The lowest BCUT2D eigenvalue weighted by Gasteiger charge is -2.39. The van der Waals surface area contributed by atoms with E-state index in [9.17, 15) is 9.59 Å². The minimum atomic E-state index is -0.345. The molecule has 1 aromatic carbocycles. The third kappa shape index (κ3) is 5.01. The standard InChI is InChI=1S/C21H30N2O4/c1-16(2)27-19-9-4-3-7-17(19)15-20(24)23-10-6-5-8-18(23)21(25)22-11-13-26-14-12-22/h3-4,7,9,16,18H,5-6,8,10-15H2,1-2H3/t18-/m0/s1. The second-order valence-corrected chi connectivity index (χ2v) is 7.49. The summed E-state index contributed by atoms with van der Waals surface area (Å²) >= 11 is 0. The second kappa shape index (κ2) is 9.22. The van der Waals surface area contributed by atoms with Crippen molar-refractivity contribution in [2.45, 2.75) is 51.7 Å². The van der Waals surface area contributed by atoms with Gasteiger partial charge in [-0.2, -0.15) is 0 Å². The Kier molecular flexibility index (Phi) is 6.72. The van der Waals surface area contributed by atoms with Gasteiger partial charge in [0.2, 0.25) is 11.8 Å². The highest BCUT2D eigenvalue weighted by Gasteiger charge is 2.35. The first-order valence-electron chi connectivity index (χ1n) is 9.97. The number of morpholine rings is 1. The SMILES string of the molecule is CC(C)Oc1ccccc1CC(=O)N1CCCC[C@H]1C(=O)N1CCOCC1. The third-order valence-corrected chi connectivity index (χ3v) is 5.11. The molecule has 0 unspecified atom stereocenters. The number of ether oxygens (including phenoxy) is 2. The van der Waals surface area contributed by atoms with Crippen LogP contribution in [0.1, 0.15) is 38.7 Å². The van der Waals surface area contributed by atoms with E-state index < -0.39 is 0 Å². The highest BCUT2D eigenvalue weighted by Crippen LogP contribution is 2.24. The Morgan fingerprint density at radius 1 is 1.15 bits per heavy atom. The number of benzene rings is 1. The largest absolute Gasteiger partial charge is 0.491 e. The van der Waals surface area contributed by atoms with Crippen LogP contribution in [0, 0.1) is 0 Å². The lowest BCUT2D eigenvalue weighted by Crippen LogP contribution is -2.55. The molecule has 0 saturated carbocycles. The first kappa shape index (κ1) is 19.7. The maximum Gasteiger partial charge on any atom is 0.245 e. The van der Waals surface area contributed by atoms with Gasteiger partial charge in [-0.3, -0.25) is 9.59 Å². The molecule has 0 N–H and O–H groups in total. The zero-order chi connectivity index (χ0) is 19.2. The van der Waals surface area contributed by atoms with Crippen molar-refractivity contribution in [3.8, 4) is 5.75 Å². The van der Waals surface area contributed by atoms with Gasteiger partial charge in [-0.25, -0.2) is 0 Å². The summed E-state index contributed by atoms with van der Waals surface area (Å²) in [5.41, 5.74) is 0.874. The van der Waals surface area contributed by atoms with Crippen molar-refractivity contribution >= 4 is 11.8 Å². The number of piperidine rings is 1. The fraction of sp³-hybridized carbons (Fsp3) is 0.619. The van der Waals surface area contributed by atoms with Gasteiger partial charge in [-0.1, -0.05) is 18.2 Å². The predicted molar refractivity (Wildman–Crippen MR) is 103 cm³/mol. The molecule has 2 aliphatic rings. The van der Waals surface area contributed by atoms with Crippen molar-refractivity contribution in [2.24, 2.45) is 0 Å². The lowest BCUT2D eigenvalue weighted by atomic mass is 9.99. The molecule has 0 bridgehead atoms. The van der Waals surface area contributed by atoms with Crippen LogP contribution in [0.3, 0.4) is 0 Å². The molecule has 6 nitrogen and oxygen atoms in total. The summed E-state index contributed by atoms with van der Waals surface area (Å²) in [6.07, 6.45) is 2.98. The van der Waals surface area contributed by atoms with Gasteiger partial charge in [-0.15, -0.1) is 0 Å². The van der Waals surface area contributed by atoms with Crippen LogP contribution < -0.4 is 4.74 Å². The van der Waals surface area contributed by atoms with Gasteiger partial charge in [0.15, 0.2) is 0 Å². The molecule has 1 aromatic rings. The van der Waals surface area contributed by atoms with Crippen LogP contribution in [-0.4, -0.2) is 66.6 Å². The number of hydrogen-bond acceptors (Lipinski definition) is 4. The van der Waals surface area contributed by atoms with Crippen molar-refractivity contribution in [1.82, 2.24) is 9.80 Å². The first-order valence-corrected chi connectivity index (χ1v) is 9.97. The van der Waals surface area contributed by atoms with Gasteiger partial charge < -0.3 is 19.3 Å². The quantitative estimate of drug-likeness (QED) is 0.793. The molecule has 2 saturated heterocycles. The van der Waals surface area contributed by atoms with Gasteiger partial charge in [0, 0.05) is 25.2 Å². The Labute approximate surface area is 161 Å². The summed E-state index contributed by atoms with van der Waals surface area (Å²) in [6, 6.07) is 7.32. The summed E-state index contributed by atoms with van der Waals surface area (Å²) < 4.78 is 11.2. The Bertz CT molecular complexity index is 655. The first-order chi connectivity index (χ1) is 13.1. The summed E-state index contributed by atoms with van der Waals surface area (Å²) in [6.45, 7) is 6.97. The van der Waals surface area contributed by atoms with Crippen molar-refractivity contribution in [2.75, 3.05) is 32.8 Å². The van der Waals surface area contributed by atoms with Gasteiger partial charge in [-0.05, 0) is 39.2 Å². The summed E-state index contributed by atoms with van der Waals surface area (Å²) in [5, 5.41) is 0. The number of hydrogen-bond donors (Lipinski definition) is 0. The Hall–Kier alpha value is -2.08. The van der Waals surface area contributed by atoms with E-state index in [1.54, 1.807) is 4.90 Å². The number of amides is 2. The number of rotatable bonds is 5. The molecular weight excluding hydrogens is 344 g/mol. The van der Waals surface area contributed by atoms with Crippen LogP contribution in [0.4, 0.5) is 0 Å². The molecule has 0 radical (unpaired) electrons. The topological polar surface area (TPSA) is 59.1 Å². The van der Waals surface area contributed by atoms with Crippen LogP contribution in [0.15, 0.2) is 24.3 Å². The van der Waals surface area contributed by atoms with E-state index in [-0.39, 0.29) is 30.4 Å². The molecule has 2 fully saturated rings. The molecule has 148 valence electrons. The third-order valence-electron chi connectivity index (χ3n) is 5.11. The normalized spacial score (nSPS) is 20.6. The molecule has 1 atom stereocenters. The Morgan fingerprint density at radius 3 is 2.63 bits per heavy atom. The van der Waals surface area contributed by atoms with E-state index in [1.165, 1.54) is 0 Å². The van der Waals surface area contributed by atoms with E-state index >= 15 is 0 Å². The number of carbonyl (C=O) groups excluding carboxylic acids is 2. The van der Waals surface area contributed by atoms with Crippen molar-refractivity contribution in [3.05, 3.63) is 29.8 Å². The van der Waals surface area contributed by atoms with Gasteiger partial charge in [0.1, 0.15) is 11.8 Å². The highest BCUT2D eigenvalue weighted by atomic mass is 16.5. The minimum Gasteiger partial charge on any atom is -0.491 e. The molecule has 2 amide bonds. The molecule has 2 heterocycles. The summed E-state index contributed by atoms with van der Waals surface area (Å²) in [5.74, 6) is 0.813. The maximum absolute atomic E-state index is 13.1. The average molecular weight is 374 g/mol. The van der Waals surface area contributed by atoms with E-state index in [2.05, 4.69) is 0 Å². The van der Waals surface area contributed by atoms with Gasteiger partial charge >= 0.3 is 0 Å². The van der Waals surface area contributed by atoms with Crippen LogP contribution in [0.5, 0.6) is 5.75 Å². The van der Waals surface area contributed by atoms with Crippen LogP contribution >= 0.6 is 0 Å². The van der Waals surface area contributed by atoms with Crippen molar-refractivity contribution in [1.29, 1.82) is 0 Å². The number of likely N-dealkylation sites (tertiary alicyclic amines) is 1. The Balaban J connectivity index is 1.71. The number of carbonyl (C=O) groups is 2. The molecular formula is C21H30N2O4. The lowest BCUT2D eigenvalue weighted by molar-refractivity contribution is -0.149. The van der Waals surface area contributed by atoms with Crippen LogP contribution in [0.25, 0.3) is 0 Å². The van der Waals surface area contributed by atoms with Crippen LogP contribution in [-0.2, 0) is 20.7 Å². The smallest absolute Gasteiger partial charge is 0.245 e.